The SMILES string of the molecule is C[Si]1(C)c2ccc(-c3nc(-c4ccc(-c5ccccc5)cc4)nc(-c4ccc(-c5ccccc5)c5ccccc45)n3)cc2-c2ccc3ccccc3c21. The number of rotatable bonds is 5. The average Bonchev–Trinajstić information content (AvgIpc) is 3.46. The summed E-state index contributed by atoms with van der Waals surface area (Å²) >= 11 is 0. The Morgan fingerprint density at radius 1 is 0.340 bits per heavy atom. The van der Waals surface area contributed by atoms with Crippen molar-refractivity contribution >= 4 is 40.0 Å². The predicted octanol–water partition coefficient (Wildman–Crippen LogP) is 11.3. The molecule has 0 N–H and O–H groups in total. The molecule has 9 aromatic rings. The molecule has 1 aliphatic heterocycles. The Bertz CT molecular complexity index is 2850. The zero-order valence-electron chi connectivity index (χ0n) is 29.6. The number of aromatic nitrogens is 3. The molecule has 53 heavy (non-hydrogen) atoms. The van der Waals surface area contributed by atoms with E-state index < -0.39 is 8.07 Å². The molecule has 10 rings (SSSR count). The maximum absolute atomic E-state index is 5.27. The first-order chi connectivity index (χ1) is 26.0. The molecule has 1 aromatic heterocycles. The van der Waals surface area contributed by atoms with Crippen LogP contribution in [0.25, 0.3) is 89.1 Å². The Hall–Kier alpha value is -6.49. The molecular formula is C49H35N3Si. The molecule has 0 saturated carbocycles. The van der Waals surface area contributed by atoms with Crippen LogP contribution < -0.4 is 10.4 Å². The van der Waals surface area contributed by atoms with Crippen LogP contribution in [0.5, 0.6) is 0 Å². The van der Waals surface area contributed by atoms with E-state index in [1.54, 1.807) is 0 Å². The second-order valence-electron chi connectivity index (χ2n) is 14.4. The fourth-order valence-electron chi connectivity index (χ4n) is 8.32. The number of fused-ring (bicyclic) bond motifs is 6. The van der Waals surface area contributed by atoms with Crippen LogP contribution in [0.3, 0.4) is 0 Å². The third-order valence-electron chi connectivity index (χ3n) is 10.9. The van der Waals surface area contributed by atoms with Crippen LogP contribution in [0, 0.1) is 0 Å². The van der Waals surface area contributed by atoms with Crippen molar-refractivity contribution in [1.82, 2.24) is 15.0 Å². The zero-order valence-corrected chi connectivity index (χ0v) is 30.6. The quantitative estimate of drug-likeness (QED) is 0.168. The van der Waals surface area contributed by atoms with E-state index in [1.807, 2.05) is 6.07 Å². The van der Waals surface area contributed by atoms with Crippen LogP contribution >= 0.6 is 0 Å². The topological polar surface area (TPSA) is 38.7 Å². The van der Waals surface area contributed by atoms with E-state index in [4.69, 9.17) is 15.0 Å². The summed E-state index contributed by atoms with van der Waals surface area (Å²) in [5.41, 5.74) is 10.3. The number of benzene rings is 8. The fraction of sp³-hybridized carbons (Fsp3) is 0.0408. The molecule has 0 amide bonds. The molecule has 4 heteroatoms. The molecule has 2 heterocycles. The highest BCUT2D eigenvalue weighted by molar-refractivity contribution is 7.05. The van der Waals surface area contributed by atoms with Crippen molar-refractivity contribution in [2.45, 2.75) is 13.1 Å². The van der Waals surface area contributed by atoms with Gasteiger partial charge in [0.25, 0.3) is 0 Å². The average molecular weight is 694 g/mol. The van der Waals surface area contributed by atoms with Crippen molar-refractivity contribution in [3.8, 4) is 67.5 Å². The summed E-state index contributed by atoms with van der Waals surface area (Å²) in [7, 11) is -1.95. The highest BCUT2D eigenvalue weighted by atomic mass is 28.3. The van der Waals surface area contributed by atoms with Gasteiger partial charge in [0.15, 0.2) is 17.5 Å². The van der Waals surface area contributed by atoms with Crippen molar-refractivity contribution in [1.29, 1.82) is 0 Å². The van der Waals surface area contributed by atoms with Gasteiger partial charge in [0, 0.05) is 16.7 Å². The van der Waals surface area contributed by atoms with Crippen molar-refractivity contribution in [3.63, 3.8) is 0 Å². The van der Waals surface area contributed by atoms with Gasteiger partial charge in [-0.15, -0.1) is 0 Å². The molecule has 0 atom stereocenters. The van der Waals surface area contributed by atoms with Gasteiger partial charge >= 0.3 is 0 Å². The van der Waals surface area contributed by atoms with Crippen molar-refractivity contribution in [2.24, 2.45) is 0 Å². The summed E-state index contributed by atoms with van der Waals surface area (Å²) in [5, 5.41) is 7.92. The molecule has 0 aliphatic carbocycles. The van der Waals surface area contributed by atoms with Gasteiger partial charge in [-0.3, -0.25) is 0 Å². The van der Waals surface area contributed by atoms with Crippen LogP contribution in [0.4, 0.5) is 0 Å². The lowest BCUT2D eigenvalue weighted by Crippen LogP contribution is -2.49. The van der Waals surface area contributed by atoms with Gasteiger partial charge in [0.05, 0.1) is 0 Å². The smallest absolute Gasteiger partial charge is 0.164 e. The first kappa shape index (κ1) is 31.3. The standard InChI is InChI=1S/C49H35N3Si/c1-53(2)45-30-26-37(31-44(45)42-27-25-35-17-9-10-18-39(35)46(42)53)48-50-47(36-23-21-33(22-24-36)32-13-5-3-6-14-32)51-49(52-48)43-29-28-38(34-15-7-4-8-16-34)40-19-11-12-20-41(40)43/h3-31H,1-2H3. The Morgan fingerprint density at radius 2 is 0.849 bits per heavy atom. The summed E-state index contributed by atoms with van der Waals surface area (Å²) in [6, 6.07) is 62.8. The molecule has 8 aromatic carbocycles. The van der Waals surface area contributed by atoms with Crippen LogP contribution in [-0.4, -0.2) is 23.0 Å². The van der Waals surface area contributed by atoms with Gasteiger partial charge in [-0.1, -0.05) is 177 Å². The molecule has 1 aliphatic rings. The molecule has 0 bridgehead atoms. The van der Waals surface area contributed by atoms with Crippen LogP contribution in [0.1, 0.15) is 0 Å². The second kappa shape index (κ2) is 12.3. The van der Waals surface area contributed by atoms with E-state index >= 15 is 0 Å². The van der Waals surface area contributed by atoms with Crippen molar-refractivity contribution in [3.05, 3.63) is 176 Å². The summed E-state index contributed by atoms with van der Waals surface area (Å²) in [6.07, 6.45) is 0. The minimum Gasteiger partial charge on any atom is -0.208 e. The van der Waals surface area contributed by atoms with E-state index in [-0.39, 0.29) is 0 Å². The van der Waals surface area contributed by atoms with Crippen LogP contribution in [-0.2, 0) is 0 Å². The normalized spacial score (nSPS) is 12.9. The van der Waals surface area contributed by atoms with Crippen LogP contribution in [0.2, 0.25) is 13.1 Å². The van der Waals surface area contributed by atoms with Crippen LogP contribution in [0.15, 0.2) is 176 Å². The zero-order chi connectivity index (χ0) is 35.5. The largest absolute Gasteiger partial charge is 0.208 e. The highest BCUT2D eigenvalue weighted by Gasteiger charge is 2.39. The highest BCUT2D eigenvalue weighted by Crippen LogP contribution is 2.38. The predicted molar refractivity (Wildman–Crippen MR) is 224 cm³/mol. The lowest BCUT2D eigenvalue weighted by atomic mass is 9.94. The maximum Gasteiger partial charge on any atom is 0.164 e. The van der Waals surface area contributed by atoms with Crippen molar-refractivity contribution < 1.29 is 0 Å². The van der Waals surface area contributed by atoms with E-state index in [0.29, 0.717) is 17.5 Å². The number of nitrogens with zero attached hydrogens (tertiary/aromatic N) is 3. The molecule has 0 saturated heterocycles. The minimum absolute atomic E-state index is 0.655. The summed E-state index contributed by atoms with van der Waals surface area (Å²) in [6.45, 7) is 4.96. The fourth-order valence-corrected chi connectivity index (χ4v) is 11.8. The van der Waals surface area contributed by atoms with E-state index in [1.165, 1.54) is 54.3 Å². The Labute approximate surface area is 310 Å². The number of hydrogen-bond acceptors (Lipinski definition) is 3. The summed E-state index contributed by atoms with van der Waals surface area (Å²) in [4.78, 5) is 15.7. The van der Waals surface area contributed by atoms with Gasteiger partial charge in [0.2, 0.25) is 0 Å². The van der Waals surface area contributed by atoms with E-state index in [9.17, 15) is 0 Å². The Morgan fingerprint density at radius 3 is 1.58 bits per heavy atom. The van der Waals surface area contributed by atoms with Gasteiger partial charge in [-0.25, -0.2) is 15.0 Å². The molecule has 0 unspecified atom stereocenters. The summed E-state index contributed by atoms with van der Waals surface area (Å²) < 4.78 is 0. The van der Waals surface area contributed by atoms with Gasteiger partial charge in [-0.05, 0) is 77.4 Å². The van der Waals surface area contributed by atoms with Gasteiger partial charge in [0.1, 0.15) is 8.07 Å². The molecule has 250 valence electrons. The second-order valence-corrected chi connectivity index (χ2v) is 18.7. The molecule has 0 fully saturated rings. The maximum atomic E-state index is 5.27. The lowest BCUT2D eigenvalue weighted by Gasteiger charge is -2.20. The minimum atomic E-state index is -1.95. The Balaban J connectivity index is 1.16. The Kier molecular flexibility index (Phi) is 7.27. The molecular weight excluding hydrogens is 659 g/mol. The molecule has 3 nitrogen and oxygen atoms in total. The van der Waals surface area contributed by atoms with Gasteiger partial charge in [-0.2, -0.15) is 0 Å². The lowest BCUT2D eigenvalue weighted by molar-refractivity contribution is 1.08. The first-order valence-electron chi connectivity index (χ1n) is 18.2. The monoisotopic (exact) mass is 693 g/mol. The third kappa shape index (κ3) is 5.22. The van der Waals surface area contributed by atoms with Gasteiger partial charge < -0.3 is 0 Å². The summed E-state index contributed by atoms with van der Waals surface area (Å²) in [5.74, 6) is 1.99. The van der Waals surface area contributed by atoms with E-state index in [2.05, 4.69) is 183 Å². The molecule has 0 radical (unpaired) electrons. The van der Waals surface area contributed by atoms with Crippen molar-refractivity contribution in [2.75, 3.05) is 0 Å². The number of hydrogen-bond donors (Lipinski definition) is 0. The van der Waals surface area contributed by atoms with E-state index in [0.717, 1.165) is 27.6 Å². The third-order valence-corrected chi connectivity index (χ3v) is 14.5. The first-order valence-corrected chi connectivity index (χ1v) is 21.2. The molecule has 0 spiro atoms.